The molecule has 6 heteroatoms. The molecule has 0 amide bonds. The summed E-state index contributed by atoms with van der Waals surface area (Å²) in [6, 6.07) is 3.22. The smallest absolute Gasteiger partial charge is 0.355 e. The number of fused-ring (bicyclic) bond motifs is 1. The van der Waals surface area contributed by atoms with Crippen LogP contribution in [0.25, 0.3) is 5.69 Å². The van der Waals surface area contributed by atoms with Crippen LogP contribution in [0, 0.1) is 6.92 Å². The number of esters is 1. The Morgan fingerprint density at radius 2 is 2.00 bits per heavy atom. The molecule has 0 fully saturated rings. The Kier molecular flexibility index (Phi) is 4.02. The summed E-state index contributed by atoms with van der Waals surface area (Å²) in [6.07, 6.45) is 3.35. The zero-order chi connectivity index (χ0) is 14.7. The number of ether oxygens (including phenoxy) is 1. The fourth-order valence-corrected chi connectivity index (χ4v) is 2.02. The van der Waals surface area contributed by atoms with Gasteiger partial charge in [0.15, 0.2) is 0 Å². The fourth-order valence-electron chi connectivity index (χ4n) is 2.02. The molecule has 0 saturated carbocycles. The van der Waals surface area contributed by atoms with E-state index >= 15 is 0 Å². The van der Waals surface area contributed by atoms with E-state index in [0.29, 0.717) is 17.9 Å². The first kappa shape index (κ1) is 14.0. The van der Waals surface area contributed by atoms with Crippen molar-refractivity contribution in [1.82, 2.24) is 14.1 Å². The van der Waals surface area contributed by atoms with Crippen LogP contribution < -0.4 is 5.56 Å². The molecule has 1 aliphatic heterocycles. The number of hydrogen-bond acceptors (Lipinski definition) is 4. The molecule has 0 spiro atoms. The van der Waals surface area contributed by atoms with E-state index in [1.807, 2.05) is 20.8 Å². The largest absolute Gasteiger partial charge is 0.459 e. The Bertz CT molecular complexity index is 685. The van der Waals surface area contributed by atoms with Crippen LogP contribution >= 0.6 is 0 Å². The van der Waals surface area contributed by atoms with E-state index in [4.69, 9.17) is 4.74 Å². The number of pyridine rings is 1. The molecule has 20 heavy (non-hydrogen) atoms. The molecule has 0 radical (unpaired) electrons. The number of rotatable bonds is 1. The van der Waals surface area contributed by atoms with Crippen LogP contribution in [0.5, 0.6) is 0 Å². The maximum absolute atomic E-state index is 12.3. The lowest BCUT2D eigenvalue weighted by atomic mass is 10.2. The average Bonchev–Trinajstić information content (AvgIpc) is 2.89. The summed E-state index contributed by atoms with van der Waals surface area (Å²) in [5.41, 5.74) is 1.40. The third kappa shape index (κ3) is 2.36. The highest BCUT2D eigenvalue weighted by atomic mass is 16.5. The van der Waals surface area contributed by atoms with Crippen LogP contribution in [0.15, 0.2) is 29.5 Å². The summed E-state index contributed by atoms with van der Waals surface area (Å²) in [5, 5.41) is 0. The minimum Gasteiger partial charge on any atom is -0.459 e. The molecule has 0 atom stereocenters. The molecule has 0 aliphatic carbocycles. The number of hydrogen-bond donors (Lipinski definition) is 0. The van der Waals surface area contributed by atoms with Crippen molar-refractivity contribution in [3.05, 3.63) is 46.4 Å². The predicted octanol–water partition coefficient (Wildman–Crippen LogP) is 1.54. The van der Waals surface area contributed by atoms with Gasteiger partial charge in [-0.1, -0.05) is 13.8 Å². The Labute approximate surface area is 116 Å². The van der Waals surface area contributed by atoms with Crippen LogP contribution in [0.1, 0.15) is 30.0 Å². The maximum Gasteiger partial charge on any atom is 0.355 e. The number of aromatic nitrogens is 3. The number of imidazole rings is 1. The molecule has 0 saturated heterocycles. The summed E-state index contributed by atoms with van der Waals surface area (Å²) in [6.45, 7) is 6.48. The van der Waals surface area contributed by atoms with Crippen molar-refractivity contribution in [1.29, 1.82) is 0 Å². The van der Waals surface area contributed by atoms with Gasteiger partial charge >= 0.3 is 5.97 Å². The highest BCUT2D eigenvalue weighted by Crippen LogP contribution is 2.10. The topological polar surface area (TPSA) is 66.1 Å². The zero-order valence-corrected chi connectivity index (χ0v) is 11.8. The van der Waals surface area contributed by atoms with Crippen LogP contribution in [-0.4, -0.2) is 26.7 Å². The lowest BCUT2D eigenvalue weighted by molar-refractivity contribution is 0.0416. The van der Waals surface area contributed by atoms with Crippen LogP contribution in [-0.2, 0) is 11.3 Å². The van der Waals surface area contributed by atoms with Gasteiger partial charge in [-0.25, -0.2) is 9.78 Å². The van der Waals surface area contributed by atoms with Crippen molar-refractivity contribution in [2.75, 3.05) is 6.61 Å². The van der Waals surface area contributed by atoms with Gasteiger partial charge in [-0.05, 0) is 19.1 Å². The van der Waals surface area contributed by atoms with Crippen LogP contribution in [0.4, 0.5) is 0 Å². The van der Waals surface area contributed by atoms with E-state index in [1.165, 1.54) is 4.57 Å². The van der Waals surface area contributed by atoms with E-state index in [9.17, 15) is 9.59 Å². The van der Waals surface area contributed by atoms with Gasteiger partial charge in [-0.2, -0.15) is 0 Å². The predicted molar refractivity (Wildman–Crippen MR) is 74.2 cm³/mol. The second kappa shape index (κ2) is 5.73. The molecule has 0 N–H and O–H groups in total. The monoisotopic (exact) mass is 275 g/mol. The van der Waals surface area contributed by atoms with Crippen molar-refractivity contribution in [3.63, 3.8) is 0 Å². The van der Waals surface area contributed by atoms with Crippen molar-refractivity contribution in [3.8, 4) is 5.69 Å². The minimum absolute atomic E-state index is 0.207. The highest BCUT2D eigenvalue weighted by molar-refractivity contribution is 5.88. The summed E-state index contributed by atoms with van der Waals surface area (Å²) in [5.74, 6) is -0.452. The summed E-state index contributed by atoms with van der Waals surface area (Å²) < 4.78 is 7.99. The Morgan fingerprint density at radius 3 is 2.65 bits per heavy atom. The third-order valence-corrected chi connectivity index (χ3v) is 2.90. The first-order valence-electron chi connectivity index (χ1n) is 6.59. The quantitative estimate of drug-likeness (QED) is 0.740. The molecular formula is C14H17N3O3. The molecule has 106 valence electrons. The Morgan fingerprint density at radius 1 is 1.25 bits per heavy atom. The number of aryl methyl sites for hydroxylation is 1. The van der Waals surface area contributed by atoms with Gasteiger partial charge in [-0.3, -0.25) is 9.36 Å². The Hall–Kier alpha value is -2.37. The SMILES string of the molecule is CC.Cc1cn(-c2ccc3n(c2=O)CCOC3=O)cn1. The van der Waals surface area contributed by atoms with Gasteiger partial charge < -0.3 is 9.30 Å². The third-order valence-electron chi connectivity index (χ3n) is 2.90. The van der Waals surface area contributed by atoms with Gasteiger partial charge in [0.2, 0.25) is 0 Å². The second-order valence-corrected chi connectivity index (χ2v) is 4.12. The van der Waals surface area contributed by atoms with Crippen molar-refractivity contribution in [2.45, 2.75) is 27.3 Å². The van der Waals surface area contributed by atoms with Gasteiger partial charge in [0, 0.05) is 6.20 Å². The highest BCUT2D eigenvalue weighted by Gasteiger charge is 2.20. The molecule has 0 aromatic carbocycles. The minimum atomic E-state index is -0.452. The lowest BCUT2D eigenvalue weighted by Crippen LogP contribution is -2.34. The van der Waals surface area contributed by atoms with Gasteiger partial charge in [0.25, 0.3) is 5.56 Å². The molecule has 0 unspecified atom stereocenters. The number of carbonyl (C=O) groups excluding carboxylic acids is 1. The Balaban J connectivity index is 0.000000704. The summed E-state index contributed by atoms with van der Waals surface area (Å²) in [7, 11) is 0. The molecule has 6 nitrogen and oxygen atoms in total. The second-order valence-electron chi connectivity index (χ2n) is 4.12. The number of nitrogens with zero attached hydrogens (tertiary/aromatic N) is 3. The van der Waals surface area contributed by atoms with Gasteiger partial charge in [-0.15, -0.1) is 0 Å². The van der Waals surface area contributed by atoms with Crippen molar-refractivity contribution >= 4 is 5.97 Å². The van der Waals surface area contributed by atoms with E-state index in [1.54, 1.807) is 29.2 Å². The van der Waals surface area contributed by atoms with E-state index in [-0.39, 0.29) is 12.2 Å². The molecule has 1 aliphatic rings. The lowest BCUT2D eigenvalue weighted by Gasteiger charge is -2.18. The van der Waals surface area contributed by atoms with Gasteiger partial charge in [0.1, 0.15) is 18.0 Å². The molecule has 3 rings (SSSR count). The standard InChI is InChI=1S/C12H11N3O3.C2H6/c1-8-6-14(7-13-8)9-2-3-10-12(17)18-5-4-15(10)11(9)16;1-2/h2-3,6-7H,4-5H2,1H3;1-2H3. The first-order valence-corrected chi connectivity index (χ1v) is 6.59. The molecule has 0 bridgehead atoms. The maximum atomic E-state index is 12.3. The zero-order valence-electron chi connectivity index (χ0n) is 11.8. The van der Waals surface area contributed by atoms with Crippen LogP contribution in [0.2, 0.25) is 0 Å². The van der Waals surface area contributed by atoms with Crippen LogP contribution in [0.3, 0.4) is 0 Å². The van der Waals surface area contributed by atoms with E-state index < -0.39 is 5.97 Å². The average molecular weight is 275 g/mol. The molecule has 2 aromatic heterocycles. The first-order chi connectivity index (χ1) is 9.66. The van der Waals surface area contributed by atoms with E-state index in [0.717, 1.165) is 5.69 Å². The number of cyclic esters (lactones) is 1. The molecule has 3 heterocycles. The molecular weight excluding hydrogens is 258 g/mol. The number of carbonyl (C=O) groups is 1. The van der Waals surface area contributed by atoms with Gasteiger partial charge in [0.05, 0.1) is 18.6 Å². The van der Waals surface area contributed by atoms with Crippen molar-refractivity contribution in [2.24, 2.45) is 0 Å². The fraction of sp³-hybridized carbons (Fsp3) is 0.357. The van der Waals surface area contributed by atoms with E-state index in [2.05, 4.69) is 4.98 Å². The summed E-state index contributed by atoms with van der Waals surface area (Å²) >= 11 is 0. The normalized spacial score (nSPS) is 13.1. The summed E-state index contributed by atoms with van der Waals surface area (Å²) in [4.78, 5) is 27.8. The molecule has 2 aromatic rings. The van der Waals surface area contributed by atoms with Crippen molar-refractivity contribution < 1.29 is 9.53 Å².